The standard InChI is InChI=1S/C23H38BrF3O4/c1-2-3-4-5-6-7-8-9-10-11-12-13-14-15-16-17-21(28)30-19-20(18-24)31-22(29)23(25,26)27/h9-10,20H,2-8,11-19H2,1H3/b10-9-/t20-/m0/s1. The number of carbonyl (C=O) groups is 2. The lowest BCUT2D eigenvalue weighted by Crippen LogP contribution is -2.33. The van der Waals surface area contributed by atoms with Gasteiger partial charge in [0, 0.05) is 11.8 Å². The van der Waals surface area contributed by atoms with Gasteiger partial charge in [0.05, 0.1) is 0 Å². The van der Waals surface area contributed by atoms with Crippen LogP contribution in [0.4, 0.5) is 13.2 Å². The summed E-state index contributed by atoms with van der Waals surface area (Å²) in [5.74, 6) is -2.78. The molecule has 0 bridgehead atoms. The molecule has 0 N–H and O–H groups in total. The number of hydrogen-bond acceptors (Lipinski definition) is 4. The Balaban J connectivity index is 3.57. The van der Waals surface area contributed by atoms with Crippen LogP contribution in [0.3, 0.4) is 0 Å². The summed E-state index contributed by atoms with van der Waals surface area (Å²) in [6.07, 6.45) is 13.6. The number of alkyl halides is 4. The van der Waals surface area contributed by atoms with Crippen molar-refractivity contribution in [3.63, 3.8) is 0 Å². The molecule has 0 saturated heterocycles. The first-order valence-electron chi connectivity index (χ1n) is 11.5. The van der Waals surface area contributed by atoms with Crippen molar-refractivity contribution in [2.24, 2.45) is 0 Å². The van der Waals surface area contributed by atoms with Crippen LogP contribution in [-0.2, 0) is 19.1 Å². The van der Waals surface area contributed by atoms with Gasteiger partial charge in [-0.1, -0.05) is 86.4 Å². The van der Waals surface area contributed by atoms with Gasteiger partial charge in [-0.25, -0.2) is 4.79 Å². The summed E-state index contributed by atoms with van der Waals surface area (Å²) in [6.45, 7) is 1.84. The van der Waals surface area contributed by atoms with E-state index in [9.17, 15) is 22.8 Å². The van der Waals surface area contributed by atoms with Crippen molar-refractivity contribution >= 4 is 27.9 Å². The minimum Gasteiger partial charge on any atom is -0.462 e. The van der Waals surface area contributed by atoms with Gasteiger partial charge in [-0.2, -0.15) is 13.2 Å². The van der Waals surface area contributed by atoms with Crippen molar-refractivity contribution in [2.75, 3.05) is 11.9 Å². The predicted molar refractivity (Wildman–Crippen MR) is 120 cm³/mol. The Hall–Kier alpha value is -1.05. The van der Waals surface area contributed by atoms with E-state index in [4.69, 9.17) is 4.74 Å². The van der Waals surface area contributed by atoms with E-state index >= 15 is 0 Å². The number of allylic oxidation sites excluding steroid dienone is 2. The summed E-state index contributed by atoms with van der Waals surface area (Å²) >= 11 is 2.94. The molecule has 1 atom stereocenters. The second-order valence-corrected chi connectivity index (χ2v) is 8.34. The van der Waals surface area contributed by atoms with E-state index in [0.717, 1.165) is 32.1 Å². The molecule has 8 heteroatoms. The zero-order valence-corrected chi connectivity index (χ0v) is 20.3. The molecule has 0 aromatic rings. The second kappa shape index (κ2) is 19.6. The molecule has 31 heavy (non-hydrogen) atoms. The Morgan fingerprint density at radius 3 is 1.90 bits per heavy atom. The van der Waals surface area contributed by atoms with Gasteiger partial charge in [0.15, 0.2) is 0 Å². The van der Waals surface area contributed by atoms with E-state index in [0.29, 0.717) is 6.42 Å². The summed E-state index contributed by atoms with van der Waals surface area (Å²) in [4.78, 5) is 22.5. The maximum absolute atomic E-state index is 12.2. The molecule has 0 rings (SSSR count). The van der Waals surface area contributed by atoms with Gasteiger partial charge in [0.25, 0.3) is 0 Å². The molecule has 0 saturated carbocycles. The Bertz CT molecular complexity index is 496. The zero-order chi connectivity index (χ0) is 23.4. The Morgan fingerprint density at radius 1 is 0.871 bits per heavy atom. The van der Waals surface area contributed by atoms with Crippen LogP contribution < -0.4 is 0 Å². The third-order valence-electron chi connectivity index (χ3n) is 4.75. The number of unbranched alkanes of at least 4 members (excludes halogenated alkanes) is 11. The molecule has 0 heterocycles. The third-order valence-corrected chi connectivity index (χ3v) is 5.47. The molecule has 0 aliphatic rings. The molecule has 182 valence electrons. The molecule has 0 fully saturated rings. The van der Waals surface area contributed by atoms with Crippen molar-refractivity contribution in [1.82, 2.24) is 0 Å². The van der Waals surface area contributed by atoms with Crippen LogP contribution in [0, 0.1) is 0 Å². The summed E-state index contributed by atoms with van der Waals surface area (Å²) in [7, 11) is 0. The SMILES string of the molecule is CCCCCCCC/C=C\CCCCCCCC(=O)OC[C@H](CBr)OC(=O)C(F)(F)F. The number of rotatable bonds is 19. The monoisotopic (exact) mass is 514 g/mol. The van der Waals surface area contributed by atoms with Crippen LogP contribution in [-0.4, -0.2) is 36.2 Å². The highest BCUT2D eigenvalue weighted by molar-refractivity contribution is 9.09. The van der Waals surface area contributed by atoms with Gasteiger partial charge in [0.1, 0.15) is 12.7 Å². The minimum atomic E-state index is -5.06. The fraction of sp³-hybridized carbons (Fsp3) is 0.826. The number of carbonyl (C=O) groups excluding carboxylic acids is 2. The average Bonchev–Trinajstić information content (AvgIpc) is 2.72. The summed E-state index contributed by atoms with van der Waals surface area (Å²) in [5.41, 5.74) is 0. The smallest absolute Gasteiger partial charge is 0.462 e. The van der Waals surface area contributed by atoms with E-state index in [1.807, 2.05) is 0 Å². The lowest BCUT2D eigenvalue weighted by Gasteiger charge is -2.16. The second-order valence-electron chi connectivity index (χ2n) is 7.70. The maximum Gasteiger partial charge on any atom is 0.490 e. The van der Waals surface area contributed by atoms with Gasteiger partial charge in [-0.3, -0.25) is 4.79 Å². The van der Waals surface area contributed by atoms with Gasteiger partial charge >= 0.3 is 18.1 Å². The van der Waals surface area contributed by atoms with Crippen molar-refractivity contribution in [1.29, 1.82) is 0 Å². The Labute approximate surface area is 193 Å². The lowest BCUT2D eigenvalue weighted by molar-refractivity contribution is -0.206. The van der Waals surface area contributed by atoms with E-state index < -0.39 is 30.8 Å². The van der Waals surface area contributed by atoms with E-state index in [1.54, 1.807) is 0 Å². The van der Waals surface area contributed by atoms with E-state index in [1.165, 1.54) is 44.9 Å². The van der Waals surface area contributed by atoms with Crippen molar-refractivity contribution < 1.29 is 32.2 Å². The average molecular weight is 515 g/mol. The maximum atomic E-state index is 12.2. The molecule has 0 spiro atoms. The molecule has 0 amide bonds. The number of ether oxygens (including phenoxy) is 2. The van der Waals surface area contributed by atoms with Gasteiger partial charge < -0.3 is 9.47 Å². The first kappa shape index (κ1) is 29.9. The predicted octanol–water partition coefficient (Wildman–Crippen LogP) is 7.44. The molecule has 0 aliphatic carbocycles. The highest BCUT2D eigenvalue weighted by atomic mass is 79.9. The van der Waals surface area contributed by atoms with E-state index in [2.05, 4.69) is 39.7 Å². The van der Waals surface area contributed by atoms with Crippen LogP contribution in [0.5, 0.6) is 0 Å². The van der Waals surface area contributed by atoms with Gasteiger partial charge in [-0.05, 0) is 32.1 Å². The van der Waals surface area contributed by atoms with Crippen LogP contribution in [0.25, 0.3) is 0 Å². The minimum absolute atomic E-state index is 0.0461. The summed E-state index contributed by atoms with van der Waals surface area (Å²) in [5, 5.41) is -0.0461. The zero-order valence-electron chi connectivity index (χ0n) is 18.7. The van der Waals surface area contributed by atoms with Crippen molar-refractivity contribution in [3.05, 3.63) is 12.2 Å². The highest BCUT2D eigenvalue weighted by Crippen LogP contribution is 2.18. The van der Waals surface area contributed by atoms with Crippen molar-refractivity contribution in [3.8, 4) is 0 Å². The van der Waals surface area contributed by atoms with Crippen LogP contribution in [0.2, 0.25) is 0 Å². The Morgan fingerprint density at radius 2 is 1.39 bits per heavy atom. The first-order valence-corrected chi connectivity index (χ1v) is 12.6. The number of hydrogen-bond donors (Lipinski definition) is 0. The fourth-order valence-corrected chi connectivity index (χ4v) is 3.25. The molecule has 0 radical (unpaired) electrons. The van der Waals surface area contributed by atoms with E-state index in [-0.39, 0.29) is 11.8 Å². The van der Waals surface area contributed by atoms with Gasteiger partial charge in [0.2, 0.25) is 0 Å². The topological polar surface area (TPSA) is 52.6 Å². The number of halogens is 4. The molecular formula is C23H38BrF3O4. The normalized spacial score (nSPS) is 12.8. The van der Waals surface area contributed by atoms with Crippen LogP contribution in [0.15, 0.2) is 12.2 Å². The first-order chi connectivity index (χ1) is 14.8. The summed E-state index contributed by atoms with van der Waals surface area (Å²) < 4.78 is 45.7. The molecule has 0 aliphatic heterocycles. The quantitative estimate of drug-likeness (QED) is 0.0777. The molecule has 4 nitrogen and oxygen atoms in total. The number of esters is 2. The molecular weight excluding hydrogens is 477 g/mol. The third kappa shape index (κ3) is 19.4. The Kier molecular flexibility index (Phi) is 19.0. The van der Waals surface area contributed by atoms with Crippen molar-refractivity contribution in [2.45, 2.75) is 109 Å². The highest BCUT2D eigenvalue weighted by Gasteiger charge is 2.42. The van der Waals surface area contributed by atoms with Crippen LogP contribution in [0.1, 0.15) is 96.8 Å². The summed E-state index contributed by atoms with van der Waals surface area (Å²) in [6, 6.07) is 0. The van der Waals surface area contributed by atoms with Gasteiger partial charge in [-0.15, -0.1) is 0 Å². The molecule has 0 unspecified atom stereocenters. The molecule has 0 aromatic carbocycles. The fourth-order valence-electron chi connectivity index (χ4n) is 2.93. The largest absolute Gasteiger partial charge is 0.490 e. The molecule has 0 aromatic heterocycles. The van der Waals surface area contributed by atoms with Crippen LogP contribution >= 0.6 is 15.9 Å². The lowest BCUT2D eigenvalue weighted by atomic mass is 10.1.